The van der Waals surface area contributed by atoms with Gasteiger partial charge in [-0.05, 0) is 61.5 Å². The molecule has 13 heteroatoms. The first kappa shape index (κ1) is 35.2. The van der Waals surface area contributed by atoms with Crippen LogP contribution in [0.15, 0.2) is 113 Å². The van der Waals surface area contributed by atoms with E-state index in [0.717, 1.165) is 0 Å². The molecule has 0 aliphatic carbocycles. The van der Waals surface area contributed by atoms with Crippen molar-refractivity contribution in [3.63, 3.8) is 0 Å². The minimum absolute atomic E-state index is 0.0224. The fourth-order valence-corrected chi connectivity index (χ4v) is 5.81. The summed E-state index contributed by atoms with van der Waals surface area (Å²) >= 11 is 1.26. The smallest absolute Gasteiger partial charge is 0.272 e. The van der Waals surface area contributed by atoms with Crippen LogP contribution in [0.2, 0.25) is 0 Å². The molecule has 12 nitrogen and oxygen atoms in total. The van der Waals surface area contributed by atoms with Crippen molar-refractivity contribution in [1.82, 2.24) is 10.6 Å². The number of hydrogen-bond donors (Lipinski definition) is 3. The highest BCUT2D eigenvalue weighted by Crippen LogP contribution is 2.36. The lowest BCUT2D eigenvalue weighted by molar-refractivity contribution is -0.119. The van der Waals surface area contributed by atoms with Crippen LogP contribution in [0.1, 0.15) is 29.3 Å². The molecule has 50 heavy (non-hydrogen) atoms. The summed E-state index contributed by atoms with van der Waals surface area (Å²) < 4.78 is 16.3. The highest BCUT2D eigenvalue weighted by molar-refractivity contribution is 8.00. The lowest BCUT2D eigenvalue weighted by atomic mass is 10.1. The predicted octanol–water partition coefficient (Wildman–Crippen LogP) is 5.47. The lowest BCUT2D eigenvalue weighted by Crippen LogP contribution is -2.35. The molecule has 0 saturated heterocycles. The Balaban J connectivity index is 1.32. The van der Waals surface area contributed by atoms with Crippen molar-refractivity contribution in [2.75, 3.05) is 31.7 Å². The third kappa shape index (κ3) is 8.68. The zero-order chi connectivity index (χ0) is 35.6. The first-order valence-corrected chi connectivity index (χ1v) is 16.3. The number of thioether (sulfide) groups is 1. The van der Waals surface area contributed by atoms with Crippen LogP contribution in [0.3, 0.4) is 0 Å². The topological polar surface area (TPSA) is 148 Å². The number of ether oxygens (including phenoxy) is 3. The molecule has 5 rings (SSSR count). The van der Waals surface area contributed by atoms with Crippen molar-refractivity contribution in [2.45, 2.75) is 23.5 Å². The highest BCUT2D eigenvalue weighted by Gasteiger charge is 2.28. The summed E-state index contributed by atoms with van der Waals surface area (Å²) in [5.41, 5.74) is 1.79. The van der Waals surface area contributed by atoms with Gasteiger partial charge in [0.05, 0.1) is 38.7 Å². The first-order valence-electron chi connectivity index (χ1n) is 15.4. The molecule has 4 aromatic carbocycles. The second kappa shape index (κ2) is 16.3. The van der Waals surface area contributed by atoms with E-state index in [-0.39, 0.29) is 29.8 Å². The van der Waals surface area contributed by atoms with Crippen molar-refractivity contribution in [2.24, 2.45) is 5.10 Å². The van der Waals surface area contributed by atoms with E-state index in [1.165, 1.54) is 44.2 Å². The van der Waals surface area contributed by atoms with Crippen LogP contribution in [0.5, 0.6) is 17.2 Å². The molecule has 256 valence electrons. The Hall–Kier alpha value is -6.08. The SMILES string of the molecule is COc1cc(OC)c(OC)cc1/C=C(/NC(=O)c1ccccc1)C(=O)Nc1cccc(SC(C)C(=O)NC2=NN(c3ccccc3)C(=O)C2)c1. The summed E-state index contributed by atoms with van der Waals surface area (Å²) in [7, 11) is 4.46. The Bertz CT molecular complexity index is 1950. The molecule has 1 aliphatic heterocycles. The molecule has 4 aromatic rings. The average molecular weight is 694 g/mol. The molecule has 0 spiro atoms. The van der Waals surface area contributed by atoms with E-state index in [0.29, 0.717) is 44.6 Å². The second-order valence-electron chi connectivity index (χ2n) is 10.8. The maximum Gasteiger partial charge on any atom is 0.272 e. The number of carbonyl (C=O) groups excluding carboxylic acids is 4. The van der Waals surface area contributed by atoms with E-state index in [1.54, 1.807) is 97.9 Å². The molecule has 0 aromatic heterocycles. The number of benzene rings is 4. The molecule has 0 fully saturated rings. The standard InChI is InChI=1S/C37H35N5O7S/c1-23(35(44)40-33-22-34(43)42(41-33)27-15-9-6-10-16-27)50-28-17-11-14-26(20-28)38-37(46)29(39-36(45)24-12-7-5-8-13-24)18-25-19-31(48-3)32(49-4)21-30(25)47-2/h5-21,23H,22H2,1-4H3,(H,38,46)(H,39,45)(H,40,41,44)/b29-18+. The largest absolute Gasteiger partial charge is 0.496 e. The van der Waals surface area contributed by atoms with Crippen LogP contribution in [-0.4, -0.2) is 56.0 Å². The third-order valence-corrected chi connectivity index (χ3v) is 8.48. The molecule has 0 bridgehead atoms. The van der Waals surface area contributed by atoms with Crippen LogP contribution in [-0.2, 0) is 14.4 Å². The summed E-state index contributed by atoms with van der Waals surface area (Å²) in [6.07, 6.45) is 1.46. The zero-order valence-corrected chi connectivity index (χ0v) is 28.6. The summed E-state index contributed by atoms with van der Waals surface area (Å²) in [6.45, 7) is 1.73. The Morgan fingerprint density at radius 1 is 0.820 bits per heavy atom. The van der Waals surface area contributed by atoms with Crippen molar-refractivity contribution in [1.29, 1.82) is 0 Å². The van der Waals surface area contributed by atoms with Crippen LogP contribution in [0.25, 0.3) is 6.08 Å². The highest BCUT2D eigenvalue weighted by atomic mass is 32.2. The molecule has 1 heterocycles. The van der Waals surface area contributed by atoms with Gasteiger partial charge >= 0.3 is 0 Å². The van der Waals surface area contributed by atoms with Gasteiger partial charge in [0.25, 0.3) is 17.7 Å². The summed E-state index contributed by atoms with van der Waals surface area (Å²) in [5.74, 6) is -0.194. The van der Waals surface area contributed by atoms with Gasteiger partial charge in [0.15, 0.2) is 11.5 Å². The van der Waals surface area contributed by atoms with Crippen molar-refractivity contribution in [3.05, 3.63) is 114 Å². The molecule has 0 saturated carbocycles. The number of nitrogens with one attached hydrogen (secondary N) is 3. The average Bonchev–Trinajstić information content (AvgIpc) is 3.51. The van der Waals surface area contributed by atoms with Gasteiger partial charge in [-0.15, -0.1) is 11.8 Å². The van der Waals surface area contributed by atoms with E-state index in [4.69, 9.17) is 14.2 Å². The number of hydrazone groups is 1. The van der Waals surface area contributed by atoms with Gasteiger partial charge in [-0.3, -0.25) is 19.2 Å². The van der Waals surface area contributed by atoms with Gasteiger partial charge in [0.1, 0.15) is 17.3 Å². The number of carbonyl (C=O) groups is 4. The van der Waals surface area contributed by atoms with E-state index in [1.807, 2.05) is 6.07 Å². The number of methoxy groups -OCH3 is 3. The first-order chi connectivity index (χ1) is 24.2. The van der Waals surface area contributed by atoms with Crippen molar-refractivity contribution in [3.8, 4) is 17.2 Å². The monoisotopic (exact) mass is 693 g/mol. The predicted molar refractivity (Wildman–Crippen MR) is 192 cm³/mol. The van der Waals surface area contributed by atoms with E-state index < -0.39 is 17.1 Å². The van der Waals surface area contributed by atoms with E-state index >= 15 is 0 Å². The minimum Gasteiger partial charge on any atom is -0.496 e. The fraction of sp³-hybridized carbons (Fsp3) is 0.162. The minimum atomic E-state index is -0.606. The quantitative estimate of drug-likeness (QED) is 0.131. The van der Waals surface area contributed by atoms with E-state index in [2.05, 4.69) is 21.1 Å². The Labute approximate surface area is 293 Å². The van der Waals surface area contributed by atoms with Crippen molar-refractivity contribution >= 4 is 58.7 Å². The van der Waals surface area contributed by atoms with Gasteiger partial charge in [-0.1, -0.05) is 42.5 Å². The summed E-state index contributed by atoms with van der Waals surface area (Å²) in [5, 5.41) is 13.3. The molecular formula is C37H35N5O7S. The van der Waals surface area contributed by atoms with Gasteiger partial charge < -0.3 is 30.2 Å². The van der Waals surface area contributed by atoms with Crippen LogP contribution in [0.4, 0.5) is 11.4 Å². The Kier molecular flexibility index (Phi) is 11.5. The molecule has 3 N–H and O–H groups in total. The molecule has 1 aliphatic rings. The molecule has 4 amide bonds. The number of nitrogens with zero attached hydrogens (tertiary/aromatic N) is 2. The maximum absolute atomic E-state index is 13.7. The van der Waals surface area contributed by atoms with Crippen LogP contribution < -0.4 is 35.2 Å². The van der Waals surface area contributed by atoms with Gasteiger partial charge in [0.2, 0.25) is 5.91 Å². The van der Waals surface area contributed by atoms with Gasteiger partial charge in [-0.2, -0.15) is 10.1 Å². The number of rotatable bonds is 12. The van der Waals surface area contributed by atoms with Crippen LogP contribution in [0, 0.1) is 0 Å². The molecule has 1 atom stereocenters. The maximum atomic E-state index is 13.7. The number of anilines is 2. The molecule has 1 unspecified atom stereocenters. The zero-order valence-electron chi connectivity index (χ0n) is 27.8. The van der Waals surface area contributed by atoms with Crippen LogP contribution >= 0.6 is 11.8 Å². The van der Waals surface area contributed by atoms with Gasteiger partial charge in [-0.25, -0.2) is 0 Å². The number of amides is 4. The normalized spacial score (nSPS) is 13.2. The number of hydrogen-bond acceptors (Lipinski definition) is 9. The van der Waals surface area contributed by atoms with Crippen molar-refractivity contribution < 1.29 is 33.4 Å². The Morgan fingerprint density at radius 2 is 1.48 bits per heavy atom. The lowest BCUT2D eigenvalue weighted by Gasteiger charge is -2.15. The third-order valence-electron chi connectivity index (χ3n) is 7.38. The molecular weight excluding hydrogens is 659 g/mol. The van der Waals surface area contributed by atoms with Gasteiger partial charge in [0, 0.05) is 27.8 Å². The number of amidine groups is 1. The molecule has 0 radical (unpaired) electrons. The Morgan fingerprint density at radius 3 is 2.16 bits per heavy atom. The second-order valence-corrected chi connectivity index (χ2v) is 12.2. The summed E-state index contributed by atoms with van der Waals surface area (Å²) in [4.78, 5) is 53.2. The summed E-state index contributed by atoms with van der Waals surface area (Å²) in [6, 6.07) is 27.7. The number of para-hydroxylation sites is 1. The van der Waals surface area contributed by atoms with E-state index in [9.17, 15) is 19.2 Å². The fourth-order valence-electron chi connectivity index (χ4n) is 4.88.